The van der Waals surface area contributed by atoms with Gasteiger partial charge in [0.1, 0.15) is 11.3 Å². The lowest BCUT2D eigenvalue weighted by molar-refractivity contribution is -0.107. The van der Waals surface area contributed by atoms with Gasteiger partial charge in [0, 0.05) is 42.3 Å². The lowest BCUT2D eigenvalue weighted by atomic mass is 10.00. The van der Waals surface area contributed by atoms with Crippen molar-refractivity contribution in [2.24, 2.45) is 0 Å². The van der Waals surface area contributed by atoms with Crippen LogP contribution in [0.1, 0.15) is 26.3 Å². The van der Waals surface area contributed by atoms with Gasteiger partial charge in [0.2, 0.25) is 6.41 Å². The van der Waals surface area contributed by atoms with E-state index in [9.17, 15) is 18.8 Å². The number of benzene rings is 2. The van der Waals surface area contributed by atoms with Gasteiger partial charge in [-0.2, -0.15) is 0 Å². The van der Waals surface area contributed by atoms with Gasteiger partial charge in [-0.1, -0.05) is 12.1 Å². The van der Waals surface area contributed by atoms with Gasteiger partial charge < -0.3 is 19.7 Å². The summed E-state index contributed by atoms with van der Waals surface area (Å²) < 4.78 is 24.8. The predicted molar refractivity (Wildman–Crippen MR) is 119 cm³/mol. The van der Waals surface area contributed by atoms with E-state index in [4.69, 9.17) is 9.47 Å². The van der Waals surface area contributed by atoms with E-state index >= 15 is 0 Å². The first kappa shape index (κ1) is 23.4. The molecule has 2 aromatic carbocycles. The number of nitrogens with zero attached hydrogens (tertiary/aromatic N) is 2. The number of anilines is 1. The van der Waals surface area contributed by atoms with Gasteiger partial charge in [-0.3, -0.25) is 19.4 Å². The van der Waals surface area contributed by atoms with Crippen LogP contribution in [-0.4, -0.2) is 50.4 Å². The third-order valence-electron chi connectivity index (χ3n) is 4.90. The van der Waals surface area contributed by atoms with Crippen molar-refractivity contribution in [3.63, 3.8) is 0 Å². The normalized spacial score (nSPS) is 10.3. The number of amides is 2. The average Bonchev–Trinajstić information content (AvgIpc) is 2.86. The van der Waals surface area contributed by atoms with E-state index in [1.807, 2.05) is 0 Å². The second kappa shape index (κ2) is 10.9. The van der Waals surface area contributed by atoms with Crippen molar-refractivity contribution in [3.05, 3.63) is 83.4 Å². The van der Waals surface area contributed by atoms with Crippen molar-refractivity contribution in [1.29, 1.82) is 0 Å². The van der Waals surface area contributed by atoms with Gasteiger partial charge in [-0.25, -0.2) is 4.39 Å². The fourth-order valence-electron chi connectivity index (χ4n) is 3.17. The molecule has 0 saturated heterocycles. The Morgan fingerprint density at radius 2 is 1.58 bits per heavy atom. The van der Waals surface area contributed by atoms with E-state index in [1.54, 1.807) is 24.5 Å². The van der Waals surface area contributed by atoms with Crippen LogP contribution in [0.5, 0.6) is 11.5 Å². The van der Waals surface area contributed by atoms with Crippen LogP contribution in [-0.2, 0) is 4.79 Å². The minimum absolute atomic E-state index is 0.0775. The fourth-order valence-corrected chi connectivity index (χ4v) is 3.17. The Morgan fingerprint density at radius 3 is 2.18 bits per heavy atom. The van der Waals surface area contributed by atoms with Gasteiger partial charge in [0.05, 0.1) is 14.2 Å². The number of ketones is 1. The number of nitrogens with one attached hydrogen (secondary N) is 1. The zero-order valence-electron chi connectivity index (χ0n) is 18.1. The highest BCUT2D eigenvalue weighted by molar-refractivity contribution is 6.11. The molecule has 0 atom stereocenters. The Balaban J connectivity index is 1.67. The molecule has 0 bridgehead atoms. The minimum Gasteiger partial charge on any atom is -0.496 e. The van der Waals surface area contributed by atoms with Crippen molar-refractivity contribution in [3.8, 4) is 11.5 Å². The number of carbonyl (C=O) groups excluding carboxylic acids is 3. The third-order valence-corrected chi connectivity index (χ3v) is 4.90. The molecule has 1 N–H and O–H groups in total. The Morgan fingerprint density at radius 1 is 0.970 bits per heavy atom. The Kier molecular flexibility index (Phi) is 7.69. The highest BCUT2D eigenvalue weighted by Crippen LogP contribution is 2.30. The molecular weight excluding hydrogens is 429 g/mol. The Hall–Kier alpha value is -4.27. The second-order valence-corrected chi connectivity index (χ2v) is 6.83. The maximum Gasteiger partial charge on any atom is 0.251 e. The minimum atomic E-state index is -0.822. The monoisotopic (exact) mass is 451 g/mol. The zero-order valence-corrected chi connectivity index (χ0v) is 18.1. The lowest BCUT2D eigenvalue weighted by Crippen LogP contribution is -2.34. The van der Waals surface area contributed by atoms with E-state index < -0.39 is 11.6 Å². The number of aromatic nitrogens is 1. The molecule has 0 aliphatic rings. The molecule has 3 aromatic rings. The molecule has 0 saturated carbocycles. The topological polar surface area (TPSA) is 97.8 Å². The SMILES string of the molecule is COc1ccc(OC)c(C(=O)c2ccc(C(=O)NCCN(C=O)c3ccncc3)cc2)c1F. The number of halogens is 1. The first-order chi connectivity index (χ1) is 16.0. The Bertz CT molecular complexity index is 1140. The van der Waals surface area contributed by atoms with Crippen molar-refractivity contribution in [2.75, 3.05) is 32.2 Å². The summed E-state index contributed by atoms with van der Waals surface area (Å²) >= 11 is 0. The number of methoxy groups -OCH3 is 2. The first-order valence-corrected chi connectivity index (χ1v) is 9.95. The quantitative estimate of drug-likeness (QED) is 0.376. The van der Waals surface area contributed by atoms with E-state index in [0.717, 1.165) is 0 Å². The van der Waals surface area contributed by atoms with Crippen LogP contribution in [0.3, 0.4) is 0 Å². The van der Waals surface area contributed by atoms with Crippen LogP contribution >= 0.6 is 0 Å². The molecule has 3 rings (SSSR count). The van der Waals surface area contributed by atoms with Gasteiger partial charge in [0.25, 0.3) is 5.91 Å². The summed E-state index contributed by atoms with van der Waals surface area (Å²) in [5, 5.41) is 2.72. The first-order valence-electron chi connectivity index (χ1n) is 9.95. The van der Waals surface area contributed by atoms with E-state index in [-0.39, 0.29) is 41.6 Å². The highest BCUT2D eigenvalue weighted by atomic mass is 19.1. The number of pyridine rings is 1. The maximum absolute atomic E-state index is 14.7. The highest BCUT2D eigenvalue weighted by Gasteiger charge is 2.23. The van der Waals surface area contributed by atoms with Crippen molar-refractivity contribution < 1.29 is 28.2 Å². The molecule has 0 radical (unpaired) electrons. The summed E-state index contributed by atoms with van der Waals surface area (Å²) in [5.74, 6) is -1.80. The van der Waals surface area contributed by atoms with Crippen LogP contribution < -0.4 is 19.7 Å². The smallest absolute Gasteiger partial charge is 0.251 e. The maximum atomic E-state index is 14.7. The fraction of sp³-hybridized carbons (Fsp3) is 0.167. The summed E-state index contributed by atoms with van der Waals surface area (Å²) in [6.45, 7) is 0.484. The lowest BCUT2D eigenvalue weighted by Gasteiger charge is -2.17. The van der Waals surface area contributed by atoms with Crippen LogP contribution in [0.15, 0.2) is 60.9 Å². The zero-order chi connectivity index (χ0) is 23.8. The largest absolute Gasteiger partial charge is 0.496 e. The molecule has 1 aromatic heterocycles. The summed E-state index contributed by atoms with van der Waals surface area (Å²) in [7, 11) is 2.64. The summed E-state index contributed by atoms with van der Waals surface area (Å²) in [6, 6.07) is 12.0. The molecule has 0 unspecified atom stereocenters. The van der Waals surface area contributed by atoms with Gasteiger partial charge in [-0.05, 0) is 36.4 Å². The summed E-state index contributed by atoms with van der Waals surface area (Å²) in [4.78, 5) is 42.0. The number of carbonyl (C=O) groups is 3. The van der Waals surface area contributed by atoms with Crippen LogP contribution in [0.25, 0.3) is 0 Å². The number of rotatable bonds is 10. The number of hydrogen-bond donors (Lipinski definition) is 1. The van der Waals surface area contributed by atoms with Crippen molar-refractivity contribution in [1.82, 2.24) is 10.3 Å². The molecule has 0 spiro atoms. The van der Waals surface area contributed by atoms with E-state index in [0.29, 0.717) is 17.7 Å². The average molecular weight is 451 g/mol. The molecule has 2 amide bonds. The summed E-state index contributed by atoms with van der Waals surface area (Å²) in [5.41, 5.74) is 0.907. The molecular formula is C24H22FN3O5. The molecule has 8 nitrogen and oxygen atoms in total. The second-order valence-electron chi connectivity index (χ2n) is 6.83. The van der Waals surface area contributed by atoms with Crippen LogP contribution in [0.2, 0.25) is 0 Å². The molecule has 0 fully saturated rings. The number of hydrogen-bond acceptors (Lipinski definition) is 6. The number of ether oxygens (including phenoxy) is 2. The molecule has 170 valence electrons. The van der Waals surface area contributed by atoms with E-state index in [2.05, 4.69) is 10.3 Å². The van der Waals surface area contributed by atoms with Crippen molar-refractivity contribution >= 4 is 23.8 Å². The summed E-state index contributed by atoms with van der Waals surface area (Å²) in [6.07, 6.45) is 3.81. The van der Waals surface area contributed by atoms with Gasteiger partial charge >= 0.3 is 0 Å². The third kappa shape index (κ3) is 5.32. The molecule has 0 aliphatic heterocycles. The standard InChI is InChI=1S/C24H22FN3O5/c1-32-19-7-8-20(33-2)22(25)21(19)23(30)16-3-5-17(6-4-16)24(31)27-13-14-28(15-29)18-9-11-26-12-10-18/h3-12,15H,13-14H2,1-2H3,(H,27,31). The van der Waals surface area contributed by atoms with Crippen LogP contribution in [0, 0.1) is 5.82 Å². The van der Waals surface area contributed by atoms with E-state index in [1.165, 1.54) is 55.5 Å². The van der Waals surface area contributed by atoms with Gasteiger partial charge in [-0.15, -0.1) is 0 Å². The predicted octanol–water partition coefficient (Wildman–Crippen LogP) is 2.86. The molecule has 1 heterocycles. The van der Waals surface area contributed by atoms with Crippen molar-refractivity contribution in [2.45, 2.75) is 0 Å². The molecule has 0 aliphatic carbocycles. The Labute approximate surface area is 190 Å². The molecule has 9 heteroatoms. The van der Waals surface area contributed by atoms with Gasteiger partial charge in [0.15, 0.2) is 17.3 Å². The molecule has 33 heavy (non-hydrogen) atoms. The van der Waals surface area contributed by atoms with Crippen LogP contribution in [0.4, 0.5) is 10.1 Å².